The Labute approximate surface area is 215 Å². The maximum atomic E-state index is 10.1. The molecule has 0 saturated carbocycles. The number of thiazole rings is 1. The lowest BCUT2D eigenvalue weighted by Crippen LogP contribution is -2.12. The SMILES string of the molecule is COc1ccc(-c2csc(=NCc3ccccc3)n2N=Cc2cc(Br)c(O)c(OC)c2)c(OC)c1. The Kier molecular flexibility index (Phi) is 7.89. The molecule has 35 heavy (non-hydrogen) atoms. The number of methoxy groups -OCH3 is 3. The van der Waals surface area contributed by atoms with E-state index < -0.39 is 0 Å². The van der Waals surface area contributed by atoms with E-state index in [4.69, 9.17) is 24.3 Å². The highest BCUT2D eigenvalue weighted by molar-refractivity contribution is 9.10. The van der Waals surface area contributed by atoms with Crippen molar-refractivity contribution in [2.24, 2.45) is 10.1 Å². The molecule has 0 spiro atoms. The maximum Gasteiger partial charge on any atom is 0.206 e. The maximum absolute atomic E-state index is 10.1. The highest BCUT2D eigenvalue weighted by atomic mass is 79.9. The van der Waals surface area contributed by atoms with Gasteiger partial charge in [0.15, 0.2) is 11.5 Å². The summed E-state index contributed by atoms with van der Waals surface area (Å²) in [4.78, 5) is 5.54. The van der Waals surface area contributed by atoms with Gasteiger partial charge in [0.2, 0.25) is 4.80 Å². The van der Waals surface area contributed by atoms with Crippen LogP contribution in [0.4, 0.5) is 0 Å². The number of benzene rings is 3. The van der Waals surface area contributed by atoms with Crippen molar-refractivity contribution in [2.45, 2.75) is 6.54 Å². The largest absolute Gasteiger partial charge is 0.503 e. The molecule has 4 rings (SSSR count). The Balaban J connectivity index is 1.82. The summed E-state index contributed by atoms with van der Waals surface area (Å²) < 4.78 is 18.5. The smallest absolute Gasteiger partial charge is 0.206 e. The van der Waals surface area contributed by atoms with Crippen LogP contribution in [0.3, 0.4) is 0 Å². The molecule has 0 unspecified atom stereocenters. The minimum atomic E-state index is 0.0371. The van der Waals surface area contributed by atoms with Crippen LogP contribution in [0.2, 0.25) is 0 Å². The molecular formula is C26H24BrN3O4S. The number of ether oxygens (including phenoxy) is 3. The molecule has 0 aliphatic heterocycles. The van der Waals surface area contributed by atoms with Gasteiger partial charge in [-0.3, -0.25) is 4.99 Å². The van der Waals surface area contributed by atoms with E-state index in [1.807, 2.05) is 53.9 Å². The Morgan fingerprint density at radius 1 is 0.971 bits per heavy atom. The monoisotopic (exact) mass is 553 g/mol. The fourth-order valence-corrected chi connectivity index (χ4v) is 4.69. The van der Waals surface area contributed by atoms with E-state index in [-0.39, 0.29) is 5.75 Å². The molecule has 0 bridgehead atoms. The second-order valence-electron chi connectivity index (χ2n) is 7.38. The van der Waals surface area contributed by atoms with Crippen LogP contribution in [0.1, 0.15) is 11.1 Å². The fraction of sp³-hybridized carbons (Fsp3) is 0.154. The first-order valence-electron chi connectivity index (χ1n) is 10.6. The van der Waals surface area contributed by atoms with Crippen molar-refractivity contribution in [2.75, 3.05) is 21.3 Å². The van der Waals surface area contributed by atoms with Gasteiger partial charge >= 0.3 is 0 Å². The molecule has 4 aromatic rings. The third kappa shape index (κ3) is 5.58. The topological polar surface area (TPSA) is 77.6 Å². The summed E-state index contributed by atoms with van der Waals surface area (Å²) >= 11 is 4.85. The Bertz CT molecular complexity index is 1410. The zero-order chi connectivity index (χ0) is 24.8. The molecular weight excluding hydrogens is 530 g/mol. The minimum absolute atomic E-state index is 0.0371. The molecule has 0 radical (unpaired) electrons. The second-order valence-corrected chi connectivity index (χ2v) is 9.07. The molecule has 3 aromatic carbocycles. The molecule has 0 saturated heterocycles. The average molecular weight is 554 g/mol. The zero-order valence-corrected chi connectivity index (χ0v) is 21.8. The van der Waals surface area contributed by atoms with Gasteiger partial charge < -0.3 is 19.3 Å². The molecule has 0 atom stereocenters. The molecule has 0 aliphatic carbocycles. The lowest BCUT2D eigenvalue weighted by atomic mass is 10.1. The Morgan fingerprint density at radius 2 is 1.74 bits per heavy atom. The first kappa shape index (κ1) is 24.6. The molecule has 9 heteroatoms. The Morgan fingerprint density at radius 3 is 2.46 bits per heavy atom. The summed E-state index contributed by atoms with van der Waals surface area (Å²) in [6.45, 7) is 0.522. The lowest BCUT2D eigenvalue weighted by Gasteiger charge is -2.11. The predicted octanol–water partition coefficient (Wildman–Crippen LogP) is 5.69. The predicted molar refractivity (Wildman–Crippen MR) is 142 cm³/mol. The number of nitrogens with zero attached hydrogens (tertiary/aromatic N) is 3. The molecule has 1 N–H and O–H groups in total. The van der Waals surface area contributed by atoms with Gasteiger partial charge in [-0.25, -0.2) is 4.68 Å². The lowest BCUT2D eigenvalue weighted by molar-refractivity contribution is 0.372. The summed E-state index contributed by atoms with van der Waals surface area (Å²) in [5.41, 5.74) is 3.52. The van der Waals surface area contributed by atoms with E-state index in [2.05, 4.69) is 15.9 Å². The molecule has 7 nitrogen and oxygen atoms in total. The van der Waals surface area contributed by atoms with E-state index in [1.165, 1.54) is 18.4 Å². The van der Waals surface area contributed by atoms with Crippen LogP contribution in [-0.4, -0.2) is 37.3 Å². The van der Waals surface area contributed by atoms with Gasteiger partial charge in [-0.15, -0.1) is 11.3 Å². The number of aromatic nitrogens is 1. The van der Waals surface area contributed by atoms with Crippen LogP contribution in [0.15, 0.2) is 80.6 Å². The van der Waals surface area contributed by atoms with Crippen LogP contribution >= 0.6 is 27.3 Å². The third-order valence-corrected chi connectivity index (χ3v) is 6.66. The van der Waals surface area contributed by atoms with Gasteiger partial charge in [0.05, 0.1) is 44.3 Å². The van der Waals surface area contributed by atoms with Crippen molar-refractivity contribution in [1.82, 2.24) is 4.68 Å². The molecule has 1 heterocycles. The van der Waals surface area contributed by atoms with Gasteiger partial charge in [-0.05, 0) is 51.3 Å². The van der Waals surface area contributed by atoms with Crippen LogP contribution in [0, 0.1) is 0 Å². The van der Waals surface area contributed by atoms with Crippen LogP contribution < -0.4 is 19.0 Å². The van der Waals surface area contributed by atoms with Gasteiger partial charge in [-0.2, -0.15) is 5.10 Å². The van der Waals surface area contributed by atoms with Crippen molar-refractivity contribution in [3.8, 4) is 34.3 Å². The highest BCUT2D eigenvalue weighted by Crippen LogP contribution is 2.35. The Hall–Kier alpha value is -3.56. The van der Waals surface area contributed by atoms with E-state index in [1.54, 1.807) is 37.2 Å². The standard InChI is InChI=1S/C26H24BrN3O4S/c1-32-19-9-10-20(23(13-19)33-2)22-16-35-26(28-14-17-7-5-4-6-8-17)30(22)29-15-18-11-21(27)25(31)24(12-18)34-3/h4-13,15-16,31H,14H2,1-3H3. The van der Waals surface area contributed by atoms with Gasteiger partial charge in [0, 0.05) is 17.0 Å². The first-order valence-corrected chi connectivity index (χ1v) is 12.3. The van der Waals surface area contributed by atoms with Crippen LogP contribution in [-0.2, 0) is 6.54 Å². The van der Waals surface area contributed by atoms with Crippen LogP contribution in [0.25, 0.3) is 11.3 Å². The quantitative estimate of drug-likeness (QED) is 0.284. The summed E-state index contributed by atoms with van der Waals surface area (Å²) in [6.07, 6.45) is 1.69. The number of hydrogen-bond donors (Lipinski definition) is 1. The number of halogens is 1. The van der Waals surface area contributed by atoms with Crippen molar-refractivity contribution in [3.63, 3.8) is 0 Å². The zero-order valence-electron chi connectivity index (χ0n) is 19.4. The van der Waals surface area contributed by atoms with Crippen molar-refractivity contribution in [3.05, 3.63) is 86.4 Å². The normalized spacial score (nSPS) is 11.7. The van der Waals surface area contributed by atoms with Crippen molar-refractivity contribution < 1.29 is 19.3 Å². The molecule has 0 amide bonds. The molecule has 0 fully saturated rings. The fourth-order valence-electron chi connectivity index (χ4n) is 3.41. The summed E-state index contributed by atoms with van der Waals surface area (Å²) in [5, 5.41) is 16.9. The minimum Gasteiger partial charge on any atom is -0.503 e. The van der Waals surface area contributed by atoms with E-state index >= 15 is 0 Å². The summed E-state index contributed by atoms with van der Waals surface area (Å²) in [7, 11) is 4.75. The third-order valence-electron chi connectivity index (χ3n) is 5.20. The van der Waals surface area contributed by atoms with Gasteiger partial charge in [0.25, 0.3) is 0 Å². The van der Waals surface area contributed by atoms with Gasteiger partial charge in [-0.1, -0.05) is 30.3 Å². The van der Waals surface area contributed by atoms with Crippen molar-refractivity contribution in [1.29, 1.82) is 0 Å². The molecule has 180 valence electrons. The van der Waals surface area contributed by atoms with Crippen LogP contribution in [0.5, 0.6) is 23.0 Å². The van der Waals surface area contributed by atoms with E-state index in [0.29, 0.717) is 28.3 Å². The summed E-state index contributed by atoms with van der Waals surface area (Å²) in [5.74, 6) is 1.75. The van der Waals surface area contributed by atoms with E-state index in [0.717, 1.165) is 27.2 Å². The van der Waals surface area contributed by atoms with Crippen molar-refractivity contribution >= 4 is 33.5 Å². The van der Waals surface area contributed by atoms with E-state index in [9.17, 15) is 5.11 Å². The number of phenolic OH excluding ortho intramolecular Hbond substituents is 1. The number of phenols is 1. The van der Waals surface area contributed by atoms with Gasteiger partial charge in [0.1, 0.15) is 11.5 Å². The molecule has 1 aromatic heterocycles. The number of aromatic hydroxyl groups is 1. The number of hydrogen-bond acceptors (Lipinski definition) is 7. The summed E-state index contributed by atoms with van der Waals surface area (Å²) in [6, 6.07) is 19.2. The highest BCUT2D eigenvalue weighted by Gasteiger charge is 2.14. The first-order chi connectivity index (χ1) is 17.0. The number of rotatable bonds is 8. The average Bonchev–Trinajstić information content (AvgIpc) is 3.30. The second kappa shape index (κ2) is 11.2. The molecule has 0 aliphatic rings.